The number of likely N-dealkylation sites (tertiary alicyclic amines) is 1. The summed E-state index contributed by atoms with van der Waals surface area (Å²) < 4.78 is 5.49. The number of hydrogen-bond donors (Lipinski definition) is 2. The maximum atomic E-state index is 13.5. The second kappa shape index (κ2) is 8.96. The lowest BCUT2D eigenvalue weighted by Crippen LogP contribution is -2.53. The maximum Gasteiger partial charge on any atom is 0.251 e. The summed E-state index contributed by atoms with van der Waals surface area (Å²) in [5.41, 5.74) is 2.94. The smallest absolute Gasteiger partial charge is 0.251 e. The van der Waals surface area contributed by atoms with Gasteiger partial charge in [0, 0.05) is 18.5 Å². The predicted octanol–water partition coefficient (Wildman–Crippen LogP) is 2.34. The van der Waals surface area contributed by atoms with Gasteiger partial charge < -0.3 is 20.1 Å². The maximum absolute atomic E-state index is 13.5. The van der Waals surface area contributed by atoms with Crippen molar-refractivity contribution in [3.8, 4) is 5.75 Å². The van der Waals surface area contributed by atoms with E-state index in [1.807, 2.05) is 19.1 Å². The van der Waals surface area contributed by atoms with Gasteiger partial charge in [-0.15, -0.1) is 0 Å². The summed E-state index contributed by atoms with van der Waals surface area (Å²) in [6, 6.07) is 12.1. The van der Waals surface area contributed by atoms with Gasteiger partial charge in [-0.25, -0.2) is 0 Å². The molecular formula is C25H26N2O5. The summed E-state index contributed by atoms with van der Waals surface area (Å²) in [5.74, 6) is -0.747. The highest BCUT2D eigenvalue weighted by atomic mass is 16.5. The molecule has 2 aromatic carbocycles. The highest BCUT2D eigenvalue weighted by molar-refractivity contribution is 5.99. The third kappa shape index (κ3) is 4.43. The van der Waals surface area contributed by atoms with Crippen LogP contribution in [0.25, 0.3) is 5.57 Å². The normalized spacial score (nSPS) is 20.7. The van der Waals surface area contributed by atoms with Crippen molar-refractivity contribution in [2.24, 2.45) is 0 Å². The zero-order valence-electron chi connectivity index (χ0n) is 17.9. The van der Waals surface area contributed by atoms with Crippen molar-refractivity contribution in [2.75, 3.05) is 13.2 Å². The molecule has 2 aliphatic rings. The third-order valence-corrected chi connectivity index (χ3v) is 5.99. The quantitative estimate of drug-likeness (QED) is 0.728. The summed E-state index contributed by atoms with van der Waals surface area (Å²) in [7, 11) is 0. The number of Topliss-reactive ketones (excluding diaryl/α,β-unsaturated/α-hetero) is 1. The molecule has 3 atom stereocenters. The molecule has 0 aromatic heterocycles. The van der Waals surface area contributed by atoms with Crippen LogP contribution in [0.3, 0.4) is 0 Å². The van der Waals surface area contributed by atoms with Gasteiger partial charge in [0.05, 0.1) is 6.10 Å². The second-order valence-corrected chi connectivity index (χ2v) is 8.34. The number of nitrogens with zero attached hydrogens (tertiary/aromatic N) is 1. The summed E-state index contributed by atoms with van der Waals surface area (Å²) in [6.45, 7) is 6.19. The Labute approximate surface area is 186 Å². The molecule has 0 aliphatic carbocycles. The zero-order chi connectivity index (χ0) is 22.8. The Morgan fingerprint density at radius 3 is 2.62 bits per heavy atom. The van der Waals surface area contributed by atoms with Gasteiger partial charge in [-0.1, -0.05) is 36.4 Å². The van der Waals surface area contributed by atoms with E-state index in [1.54, 1.807) is 36.4 Å². The number of carbonyl (C=O) groups is 3. The lowest BCUT2D eigenvalue weighted by molar-refractivity contribution is -0.138. The topological polar surface area (TPSA) is 95.9 Å². The number of rotatable bonds is 6. The van der Waals surface area contributed by atoms with Crippen molar-refractivity contribution in [1.82, 2.24) is 10.2 Å². The van der Waals surface area contributed by atoms with E-state index in [4.69, 9.17) is 4.74 Å². The molecule has 2 fully saturated rings. The van der Waals surface area contributed by atoms with Gasteiger partial charge in [0.1, 0.15) is 24.4 Å². The van der Waals surface area contributed by atoms with E-state index in [1.165, 1.54) is 4.90 Å². The number of phenols is 1. The van der Waals surface area contributed by atoms with E-state index < -0.39 is 12.1 Å². The van der Waals surface area contributed by atoms with Crippen molar-refractivity contribution in [2.45, 2.75) is 38.0 Å². The van der Waals surface area contributed by atoms with Crippen molar-refractivity contribution in [3.63, 3.8) is 0 Å². The van der Waals surface area contributed by atoms with Crippen LogP contribution < -0.4 is 5.32 Å². The minimum atomic E-state index is -0.891. The van der Waals surface area contributed by atoms with Crippen molar-refractivity contribution < 1.29 is 24.2 Å². The van der Waals surface area contributed by atoms with Crippen LogP contribution in [0.2, 0.25) is 0 Å². The first-order chi connectivity index (χ1) is 15.3. The number of allylic oxidation sites excluding steroid dienone is 1. The van der Waals surface area contributed by atoms with Gasteiger partial charge in [0.25, 0.3) is 5.91 Å². The van der Waals surface area contributed by atoms with Crippen LogP contribution in [-0.2, 0) is 20.7 Å². The molecule has 7 nitrogen and oxygen atoms in total. The molecule has 2 N–H and O–H groups in total. The SMILES string of the molecule is C=C(C)c1ccc(C(=O)N[C@@H](Cc2cccc(O)c2)C(=O)N2CC[C@H]3OCC(=O)[C@H]32)cc1. The average molecular weight is 434 g/mol. The number of nitrogens with one attached hydrogen (secondary N) is 1. The second-order valence-electron chi connectivity index (χ2n) is 8.34. The van der Waals surface area contributed by atoms with Crippen LogP contribution in [0.5, 0.6) is 5.75 Å². The first kappa shape index (κ1) is 21.8. The number of phenolic OH excluding ortho intramolecular Hbond substituents is 1. The molecule has 2 saturated heterocycles. The largest absolute Gasteiger partial charge is 0.508 e. The van der Waals surface area contributed by atoms with Crippen LogP contribution in [0.15, 0.2) is 55.1 Å². The molecule has 2 amide bonds. The Balaban J connectivity index is 1.57. The van der Waals surface area contributed by atoms with E-state index in [-0.39, 0.29) is 42.5 Å². The van der Waals surface area contributed by atoms with E-state index in [2.05, 4.69) is 11.9 Å². The molecule has 32 heavy (non-hydrogen) atoms. The van der Waals surface area contributed by atoms with Crippen molar-refractivity contribution in [3.05, 3.63) is 71.8 Å². The molecule has 2 aliphatic heterocycles. The molecule has 2 heterocycles. The van der Waals surface area contributed by atoms with Crippen LogP contribution in [0, 0.1) is 0 Å². The fourth-order valence-corrected chi connectivity index (χ4v) is 4.31. The van der Waals surface area contributed by atoms with E-state index >= 15 is 0 Å². The Morgan fingerprint density at radius 1 is 1.22 bits per heavy atom. The van der Waals surface area contributed by atoms with Crippen LogP contribution >= 0.6 is 0 Å². The summed E-state index contributed by atoms with van der Waals surface area (Å²) >= 11 is 0. The Bertz CT molecular complexity index is 1060. The molecular weight excluding hydrogens is 408 g/mol. The minimum Gasteiger partial charge on any atom is -0.508 e. The Morgan fingerprint density at radius 2 is 1.94 bits per heavy atom. The van der Waals surface area contributed by atoms with Crippen molar-refractivity contribution in [1.29, 1.82) is 0 Å². The van der Waals surface area contributed by atoms with Gasteiger partial charge in [-0.2, -0.15) is 0 Å². The molecule has 166 valence electrons. The van der Waals surface area contributed by atoms with Gasteiger partial charge in [-0.05, 0) is 48.7 Å². The summed E-state index contributed by atoms with van der Waals surface area (Å²) in [6.07, 6.45) is 0.501. The fraction of sp³-hybridized carbons (Fsp3) is 0.320. The molecule has 7 heteroatoms. The molecule has 0 saturated carbocycles. The first-order valence-electron chi connectivity index (χ1n) is 10.6. The highest BCUT2D eigenvalue weighted by Gasteiger charge is 2.48. The number of ether oxygens (including phenoxy) is 1. The summed E-state index contributed by atoms with van der Waals surface area (Å²) in [4.78, 5) is 40.2. The number of ketones is 1. The van der Waals surface area contributed by atoms with Gasteiger partial charge in [0.2, 0.25) is 5.91 Å². The lowest BCUT2D eigenvalue weighted by Gasteiger charge is -2.27. The molecule has 0 bridgehead atoms. The number of amides is 2. The summed E-state index contributed by atoms with van der Waals surface area (Å²) in [5, 5.41) is 12.6. The Kier molecular flexibility index (Phi) is 6.10. The van der Waals surface area contributed by atoms with Gasteiger partial charge >= 0.3 is 0 Å². The monoisotopic (exact) mass is 434 g/mol. The molecule has 0 unspecified atom stereocenters. The number of benzene rings is 2. The third-order valence-electron chi connectivity index (χ3n) is 5.99. The molecule has 2 aromatic rings. The number of fused-ring (bicyclic) bond motifs is 1. The number of hydrogen-bond acceptors (Lipinski definition) is 5. The van der Waals surface area contributed by atoms with Crippen LogP contribution in [0.4, 0.5) is 0 Å². The van der Waals surface area contributed by atoms with E-state index in [0.717, 1.165) is 11.1 Å². The molecule has 0 spiro atoms. The van der Waals surface area contributed by atoms with Crippen LogP contribution in [0.1, 0.15) is 34.8 Å². The van der Waals surface area contributed by atoms with E-state index in [9.17, 15) is 19.5 Å². The van der Waals surface area contributed by atoms with Gasteiger partial charge in [-0.3, -0.25) is 14.4 Å². The predicted molar refractivity (Wildman–Crippen MR) is 119 cm³/mol. The lowest BCUT2D eigenvalue weighted by atomic mass is 10.0. The number of carbonyl (C=O) groups excluding carboxylic acids is 3. The highest BCUT2D eigenvalue weighted by Crippen LogP contribution is 2.28. The minimum absolute atomic E-state index is 0.0117. The zero-order valence-corrected chi connectivity index (χ0v) is 17.9. The number of aromatic hydroxyl groups is 1. The van der Waals surface area contributed by atoms with Crippen molar-refractivity contribution >= 4 is 23.2 Å². The standard InChI is InChI=1S/C25H26N2O5/c1-15(2)17-6-8-18(9-7-17)24(30)26-20(13-16-4-3-5-19(28)12-16)25(31)27-11-10-22-23(27)21(29)14-32-22/h3-9,12,20,22-23,28H,1,10-11,13-14H2,2H3,(H,26,30)/t20-,22+,23+/m0/s1. The fourth-order valence-electron chi connectivity index (χ4n) is 4.31. The first-order valence-corrected chi connectivity index (χ1v) is 10.6. The van der Waals surface area contributed by atoms with E-state index in [0.29, 0.717) is 24.1 Å². The molecule has 0 radical (unpaired) electrons. The average Bonchev–Trinajstić information content (AvgIpc) is 3.36. The van der Waals surface area contributed by atoms with Crippen LogP contribution in [-0.4, -0.2) is 58.9 Å². The Hall–Kier alpha value is -3.45. The molecule has 4 rings (SSSR count). The van der Waals surface area contributed by atoms with Gasteiger partial charge in [0.15, 0.2) is 5.78 Å².